The molecule has 0 saturated carbocycles. The summed E-state index contributed by atoms with van der Waals surface area (Å²) in [5, 5.41) is 3.45. The molecule has 1 atom stereocenters. The third kappa shape index (κ3) is 3.57. The number of aryl methyl sites for hydroxylation is 1. The molecule has 1 aliphatic rings. The minimum atomic E-state index is 0.210. The highest BCUT2D eigenvalue weighted by Gasteiger charge is 2.18. The summed E-state index contributed by atoms with van der Waals surface area (Å²) >= 11 is 0. The first kappa shape index (κ1) is 14.0. The monoisotopic (exact) mass is 281 g/mol. The van der Waals surface area contributed by atoms with Crippen LogP contribution in [-0.2, 0) is 12.8 Å². The normalized spacial score (nSPS) is 16.7. The molecule has 0 spiro atoms. The zero-order valence-corrected chi connectivity index (χ0v) is 12.6. The highest BCUT2D eigenvalue weighted by atomic mass is 16.5. The predicted molar refractivity (Wildman–Crippen MR) is 88.1 cm³/mol. The van der Waals surface area contributed by atoms with Crippen LogP contribution in [0.3, 0.4) is 0 Å². The van der Waals surface area contributed by atoms with Gasteiger partial charge in [0.25, 0.3) is 0 Å². The van der Waals surface area contributed by atoms with Gasteiger partial charge in [-0.1, -0.05) is 49.7 Å². The lowest BCUT2D eigenvalue weighted by atomic mass is 10.0. The molecule has 2 aromatic rings. The number of nitrogens with one attached hydrogen (secondary N) is 1. The van der Waals surface area contributed by atoms with E-state index in [9.17, 15) is 0 Å². The van der Waals surface area contributed by atoms with Gasteiger partial charge in [-0.2, -0.15) is 0 Å². The molecule has 0 saturated heterocycles. The molecule has 0 fully saturated rings. The third-order valence-electron chi connectivity index (χ3n) is 4.01. The number of unbranched alkanes of at least 4 members (excludes halogenated alkanes) is 1. The quantitative estimate of drug-likeness (QED) is 0.874. The number of ether oxygens (including phenoxy) is 1. The summed E-state index contributed by atoms with van der Waals surface area (Å²) in [5.41, 5.74) is 3.89. The van der Waals surface area contributed by atoms with Crippen LogP contribution in [0.15, 0.2) is 48.5 Å². The SMILES string of the molecule is CCCCc1ccc(CC2CNc3ccccc3O2)cc1. The fourth-order valence-electron chi connectivity index (χ4n) is 2.76. The first-order valence-corrected chi connectivity index (χ1v) is 7.92. The lowest BCUT2D eigenvalue weighted by Gasteiger charge is -2.27. The molecule has 2 aromatic carbocycles. The van der Waals surface area contributed by atoms with E-state index >= 15 is 0 Å². The van der Waals surface area contributed by atoms with Gasteiger partial charge in [0, 0.05) is 6.42 Å². The Labute approximate surface area is 127 Å². The number of anilines is 1. The third-order valence-corrected chi connectivity index (χ3v) is 4.01. The zero-order chi connectivity index (χ0) is 14.5. The average Bonchev–Trinajstić information content (AvgIpc) is 2.54. The Hall–Kier alpha value is -1.96. The van der Waals surface area contributed by atoms with Gasteiger partial charge >= 0.3 is 0 Å². The van der Waals surface area contributed by atoms with Crippen LogP contribution in [0.5, 0.6) is 5.75 Å². The van der Waals surface area contributed by atoms with Crippen LogP contribution in [0.25, 0.3) is 0 Å². The van der Waals surface area contributed by atoms with Gasteiger partial charge in [-0.05, 0) is 36.1 Å². The molecule has 0 aromatic heterocycles. The summed E-state index contributed by atoms with van der Waals surface area (Å²) in [5.74, 6) is 0.966. The van der Waals surface area contributed by atoms with Crippen LogP contribution in [0.4, 0.5) is 5.69 Å². The smallest absolute Gasteiger partial charge is 0.142 e. The molecule has 0 bridgehead atoms. The van der Waals surface area contributed by atoms with E-state index in [1.54, 1.807) is 0 Å². The second-order valence-corrected chi connectivity index (χ2v) is 5.74. The van der Waals surface area contributed by atoms with Crippen molar-refractivity contribution in [3.63, 3.8) is 0 Å². The van der Waals surface area contributed by atoms with Gasteiger partial charge in [0.1, 0.15) is 11.9 Å². The maximum atomic E-state index is 6.07. The van der Waals surface area contributed by atoms with Gasteiger partial charge in [0.15, 0.2) is 0 Å². The number of benzene rings is 2. The van der Waals surface area contributed by atoms with Crippen molar-refractivity contribution < 1.29 is 4.74 Å². The summed E-state index contributed by atoms with van der Waals surface area (Å²) in [4.78, 5) is 0. The van der Waals surface area contributed by atoms with Gasteiger partial charge in [0.05, 0.1) is 12.2 Å². The molecule has 3 rings (SSSR count). The highest BCUT2D eigenvalue weighted by molar-refractivity contribution is 5.57. The minimum absolute atomic E-state index is 0.210. The van der Waals surface area contributed by atoms with Crippen molar-refractivity contribution in [3.8, 4) is 5.75 Å². The second-order valence-electron chi connectivity index (χ2n) is 5.74. The van der Waals surface area contributed by atoms with Crippen molar-refractivity contribution in [1.29, 1.82) is 0 Å². The molecule has 0 amide bonds. The van der Waals surface area contributed by atoms with Gasteiger partial charge in [-0.25, -0.2) is 0 Å². The van der Waals surface area contributed by atoms with E-state index in [0.29, 0.717) is 0 Å². The Morgan fingerprint density at radius 3 is 2.62 bits per heavy atom. The highest BCUT2D eigenvalue weighted by Crippen LogP contribution is 2.29. The molecule has 0 aliphatic carbocycles. The second kappa shape index (κ2) is 6.66. The van der Waals surface area contributed by atoms with E-state index in [4.69, 9.17) is 4.74 Å². The number of hydrogen-bond acceptors (Lipinski definition) is 2. The van der Waals surface area contributed by atoms with Gasteiger partial charge < -0.3 is 10.1 Å². The predicted octanol–water partition coefficient (Wildman–Crippen LogP) is 4.44. The van der Waals surface area contributed by atoms with E-state index in [1.807, 2.05) is 18.2 Å². The fourth-order valence-corrected chi connectivity index (χ4v) is 2.76. The van der Waals surface area contributed by atoms with E-state index < -0.39 is 0 Å². The Morgan fingerprint density at radius 1 is 1.05 bits per heavy atom. The summed E-state index contributed by atoms with van der Waals surface area (Å²) in [6, 6.07) is 17.2. The van der Waals surface area contributed by atoms with Crippen LogP contribution < -0.4 is 10.1 Å². The maximum absolute atomic E-state index is 6.07. The van der Waals surface area contributed by atoms with E-state index in [-0.39, 0.29) is 6.10 Å². The fraction of sp³-hybridized carbons (Fsp3) is 0.368. The Bertz CT molecular complexity index is 576. The number of para-hydroxylation sites is 2. The number of hydrogen-bond donors (Lipinski definition) is 1. The van der Waals surface area contributed by atoms with Crippen molar-refractivity contribution in [3.05, 3.63) is 59.7 Å². The summed E-state index contributed by atoms with van der Waals surface area (Å²) in [6.07, 6.45) is 4.87. The van der Waals surface area contributed by atoms with Crippen molar-refractivity contribution in [2.24, 2.45) is 0 Å². The number of rotatable bonds is 5. The molecule has 1 aliphatic heterocycles. The van der Waals surface area contributed by atoms with Gasteiger partial charge in [-0.15, -0.1) is 0 Å². The van der Waals surface area contributed by atoms with Gasteiger partial charge in [0.2, 0.25) is 0 Å². The molecule has 2 nitrogen and oxygen atoms in total. The largest absolute Gasteiger partial charge is 0.486 e. The van der Waals surface area contributed by atoms with Crippen LogP contribution >= 0.6 is 0 Å². The molecule has 2 heteroatoms. The minimum Gasteiger partial charge on any atom is -0.486 e. The van der Waals surface area contributed by atoms with E-state index in [2.05, 4.69) is 42.6 Å². The summed E-state index contributed by atoms with van der Waals surface area (Å²) < 4.78 is 6.07. The molecule has 0 radical (unpaired) electrons. The first-order valence-electron chi connectivity index (χ1n) is 7.92. The first-order chi connectivity index (χ1) is 10.3. The molecule has 1 unspecified atom stereocenters. The van der Waals surface area contributed by atoms with Crippen molar-refractivity contribution in [2.45, 2.75) is 38.7 Å². The molecule has 110 valence electrons. The molecule has 1 N–H and O–H groups in total. The van der Waals surface area contributed by atoms with Crippen molar-refractivity contribution >= 4 is 5.69 Å². The van der Waals surface area contributed by atoms with Crippen LogP contribution in [-0.4, -0.2) is 12.6 Å². The van der Waals surface area contributed by atoms with E-state index in [0.717, 1.165) is 24.4 Å². The lowest BCUT2D eigenvalue weighted by molar-refractivity contribution is 0.206. The molecular weight excluding hydrogens is 258 g/mol. The summed E-state index contributed by atoms with van der Waals surface area (Å²) in [7, 11) is 0. The van der Waals surface area contributed by atoms with Crippen LogP contribution in [0.1, 0.15) is 30.9 Å². The Morgan fingerprint density at radius 2 is 1.81 bits per heavy atom. The van der Waals surface area contributed by atoms with Crippen LogP contribution in [0, 0.1) is 0 Å². The molecular formula is C19H23NO. The van der Waals surface area contributed by atoms with Crippen LogP contribution in [0.2, 0.25) is 0 Å². The summed E-state index contributed by atoms with van der Waals surface area (Å²) in [6.45, 7) is 3.11. The lowest BCUT2D eigenvalue weighted by Crippen LogP contribution is -2.32. The topological polar surface area (TPSA) is 21.3 Å². The number of fused-ring (bicyclic) bond motifs is 1. The molecule has 1 heterocycles. The standard InChI is InChI=1S/C19H23NO/c1-2-3-6-15-9-11-16(12-10-15)13-17-14-20-18-7-4-5-8-19(18)21-17/h4-5,7-12,17,20H,2-3,6,13-14H2,1H3. The average molecular weight is 281 g/mol. The Kier molecular flexibility index (Phi) is 4.44. The van der Waals surface area contributed by atoms with Crippen molar-refractivity contribution in [1.82, 2.24) is 0 Å². The molecule has 21 heavy (non-hydrogen) atoms. The van der Waals surface area contributed by atoms with Gasteiger partial charge in [-0.3, -0.25) is 0 Å². The Balaban J connectivity index is 1.60. The van der Waals surface area contributed by atoms with E-state index in [1.165, 1.54) is 30.4 Å². The zero-order valence-electron chi connectivity index (χ0n) is 12.6. The maximum Gasteiger partial charge on any atom is 0.142 e. The van der Waals surface area contributed by atoms with Crippen molar-refractivity contribution in [2.75, 3.05) is 11.9 Å².